The Morgan fingerprint density at radius 1 is 0.893 bits per heavy atom. The van der Waals surface area contributed by atoms with E-state index in [4.69, 9.17) is 4.74 Å². The van der Waals surface area contributed by atoms with Gasteiger partial charge in [0.25, 0.3) is 5.91 Å². The van der Waals surface area contributed by atoms with Crippen LogP contribution in [0.25, 0.3) is 10.8 Å². The van der Waals surface area contributed by atoms with Gasteiger partial charge in [-0.05, 0) is 41.5 Å². The number of nitrogens with zero attached hydrogens (tertiary/aromatic N) is 2. The zero-order chi connectivity index (χ0) is 19.3. The lowest BCUT2D eigenvalue weighted by atomic mass is 10.1. The molecular formula is C24H26N2O2. The minimum absolute atomic E-state index is 0.0865. The van der Waals surface area contributed by atoms with Gasteiger partial charge in [-0.15, -0.1) is 0 Å². The van der Waals surface area contributed by atoms with Crippen molar-refractivity contribution in [2.75, 3.05) is 31.1 Å². The van der Waals surface area contributed by atoms with E-state index in [2.05, 4.69) is 41.3 Å². The molecule has 0 spiro atoms. The first-order valence-electron chi connectivity index (χ1n) is 9.99. The minimum Gasteiger partial charge on any atom is -0.481 e. The third-order valence-corrected chi connectivity index (χ3v) is 5.36. The number of para-hydroxylation sites is 1. The van der Waals surface area contributed by atoms with Gasteiger partial charge in [0.2, 0.25) is 0 Å². The highest BCUT2D eigenvalue weighted by atomic mass is 16.5. The van der Waals surface area contributed by atoms with Gasteiger partial charge >= 0.3 is 0 Å². The van der Waals surface area contributed by atoms with Crippen LogP contribution in [-0.4, -0.2) is 43.1 Å². The fraction of sp³-hybridized carbons (Fsp3) is 0.292. The molecule has 4 nitrogen and oxygen atoms in total. The van der Waals surface area contributed by atoms with E-state index in [0.717, 1.165) is 37.3 Å². The monoisotopic (exact) mass is 374 g/mol. The van der Waals surface area contributed by atoms with Crippen LogP contribution in [0.2, 0.25) is 0 Å². The standard InChI is InChI=1S/C24H26N2O2/c1-2-23(28-22-13-12-19-8-6-7-9-20(19)18-22)24(27)26-16-14-25(15-17-26)21-10-4-3-5-11-21/h3-13,18,23H,2,14-17H2,1H3/t23-/m0/s1. The Labute approximate surface area is 166 Å². The number of hydrogen-bond acceptors (Lipinski definition) is 3. The Hall–Kier alpha value is -3.01. The van der Waals surface area contributed by atoms with Crippen molar-refractivity contribution in [1.29, 1.82) is 0 Å². The number of fused-ring (bicyclic) bond motifs is 1. The summed E-state index contributed by atoms with van der Waals surface area (Å²) >= 11 is 0. The lowest BCUT2D eigenvalue weighted by molar-refractivity contribution is -0.139. The average Bonchev–Trinajstić information content (AvgIpc) is 2.77. The van der Waals surface area contributed by atoms with Crippen LogP contribution in [0.4, 0.5) is 5.69 Å². The van der Waals surface area contributed by atoms with Crippen LogP contribution in [-0.2, 0) is 4.79 Å². The zero-order valence-electron chi connectivity index (χ0n) is 16.3. The first-order valence-corrected chi connectivity index (χ1v) is 9.99. The quantitative estimate of drug-likeness (QED) is 0.666. The fourth-order valence-electron chi connectivity index (χ4n) is 3.74. The summed E-state index contributed by atoms with van der Waals surface area (Å²) in [4.78, 5) is 17.3. The maximum absolute atomic E-state index is 13.0. The third-order valence-electron chi connectivity index (χ3n) is 5.36. The molecule has 4 heteroatoms. The van der Waals surface area contributed by atoms with Crippen molar-refractivity contribution in [3.8, 4) is 5.75 Å². The van der Waals surface area contributed by atoms with Crippen molar-refractivity contribution >= 4 is 22.4 Å². The highest BCUT2D eigenvalue weighted by Crippen LogP contribution is 2.23. The topological polar surface area (TPSA) is 32.8 Å². The van der Waals surface area contributed by atoms with Crippen molar-refractivity contribution in [1.82, 2.24) is 4.90 Å². The van der Waals surface area contributed by atoms with Crippen molar-refractivity contribution in [2.45, 2.75) is 19.4 Å². The molecule has 1 fully saturated rings. The van der Waals surface area contributed by atoms with Crippen molar-refractivity contribution < 1.29 is 9.53 Å². The van der Waals surface area contributed by atoms with E-state index in [9.17, 15) is 4.79 Å². The second-order valence-corrected chi connectivity index (χ2v) is 7.17. The van der Waals surface area contributed by atoms with Crippen LogP contribution >= 0.6 is 0 Å². The maximum Gasteiger partial charge on any atom is 0.263 e. The Morgan fingerprint density at radius 2 is 1.57 bits per heavy atom. The summed E-state index contributed by atoms with van der Waals surface area (Å²) < 4.78 is 6.09. The largest absolute Gasteiger partial charge is 0.481 e. The number of amides is 1. The average molecular weight is 374 g/mol. The van der Waals surface area contributed by atoms with E-state index in [1.807, 2.05) is 48.2 Å². The van der Waals surface area contributed by atoms with E-state index in [1.54, 1.807) is 0 Å². The number of anilines is 1. The second-order valence-electron chi connectivity index (χ2n) is 7.17. The molecule has 3 aromatic carbocycles. The van der Waals surface area contributed by atoms with Gasteiger partial charge in [0.05, 0.1) is 0 Å². The van der Waals surface area contributed by atoms with Gasteiger partial charge in [0.15, 0.2) is 6.10 Å². The number of carbonyl (C=O) groups excluding carboxylic acids is 1. The maximum atomic E-state index is 13.0. The first-order chi connectivity index (χ1) is 13.7. The summed E-state index contributed by atoms with van der Waals surface area (Å²) in [5, 5.41) is 2.30. The molecule has 28 heavy (non-hydrogen) atoms. The predicted molar refractivity (Wildman–Crippen MR) is 114 cm³/mol. The molecule has 1 heterocycles. The van der Waals surface area contributed by atoms with E-state index in [-0.39, 0.29) is 5.91 Å². The molecule has 144 valence electrons. The highest BCUT2D eigenvalue weighted by Gasteiger charge is 2.28. The molecule has 4 rings (SSSR count). The molecule has 1 saturated heterocycles. The van der Waals surface area contributed by atoms with Gasteiger partial charge in [-0.3, -0.25) is 4.79 Å². The summed E-state index contributed by atoms with van der Waals surface area (Å²) in [5.41, 5.74) is 1.22. The summed E-state index contributed by atoms with van der Waals surface area (Å²) in [5.74, 6) is 0.838. The van der Waals surface area contributed by atoms with Gasteiger partial charge in [0.1, 0.15) is 5.75 Å². The second kappa shape index (κ2) is 8.34. The molecule has 0 unspecified atom stereocenters. The molecule has 0 radical (unpaired) electrons. The Kier molecular flexibility index (Phi) is 5.47. The third kappa shape index (κ3) is 3.96. The van der Waals surface area contributed by atoms with Crippen molar-refractivity contribution in [3.05, 3.63) is 72.8 Å². The molecule has 0 N–H and O–H groups in total. The highest BCUT2D eigenvalue weighted by molar-refractivity contribution is 5.84. The lowest BCUT2D eigenvalue weighted by Gasteiger charge is -2.37. The van der Waals surface area contributed by atoms with E-state index >= 15 is 0 Å². The van der Waals surface area contributed by atoms with Crippen LogP contribution < -0.4 is 9.64 Å². The van der Waals surface area contributed by atoms with Gasteiger partial charge in [-0.25, -0.2) is 0 Å². The molecular weight excluding hydrogens is 348 g/mol. The molecule has 1 aliphatic rings. The molecule has 1 amide bonds. The van der Waals surface area contributed by atoms with Gasteiger partial charge < -0.3 is 14.5 Å². The number of benzene rings is 3. The summed E-state index contributed by atoms with van der Waals surface area (Å²) in [6.45, 7) is 5.16. The minimum atomic E-state index is -0.440. The van der Waals surface area contributed by atoms with Crippen LogP contribution in [0.5, 0.6) is 5.75 Å². The molecule has 0 aliphatic carbocycles. The molecule has 0 bridgehead atoms. The molecule has 1 aliphatic heterocycles. The van der Waals surface area contributed by atoms with Gasteiger partial charge in [-0.2, -0.15) is 0 Å². The Morgan fingerprint density at radius 3 is 2.29 bits per heavy atom. The SMILES string of the molecule is CC[C@H](Oc1ccc2ccccc2c1)C(=O)N1CCN(c2ccccc2)CC1. The number of ether oxygens (including phenoxy) is 1. The zero-order valence-corrected chi connectivity index (χ0v) is 16.3. The van der Waals surface area contributed by atoms with Crippen molar-refractivity contribution in [2.24, 2.45) is 0 Å². The smallest absolute Gasteiger partial charge is 0.263 e. The number of hydrogen-bond donors (Lipinski definition) is 0. The molecule has 0 saturated carbocycles. The fourth-order valence-corrected chi connectivity index (χ4v) is 3.74. The lowest BCUT2D eigenvalue weighted by Crippen LogP contribution is -2.52. The summed E-state index contributed by atoms with van der Waals surface area (Å²) in [6, 6.07) is 24.6. The van der Waals surface area contributed by atoms with E-state index in [0.29, 0.717) is 6.42 Å². The van der Waals surface area contributed by atoms with Crippen molar-refractivity contribution in [3.63, 3.8) is 0 Å². The van der Waals surface area contributed by atoms with Gasteiger partial charge in [-0.1, -0.05) is 55.5 Å². The molecule has 0 aromatic heterocycles. The predicted octanol–water partition coefficient (Wildman–Crippen LogP) is 4.35. The van der Waals surface area contributed by atoms with Crippen LogP contribution in [0.15, 0.2) is 72.8 Å². The normalized spacial score (nSPS) is 15.5. The Bertz CT molecular complexity index is 934. The number of carbonyl (C=O) groups is 1. The summed E-state index contributed by atoms with van der Waals surface area (Å²) in [7, 11) is 0. The number of rotatable bonds is 5. The Balaban J connectivity index is 1.40. The molecule has 3 aromatic rings. The van der Waals surface area contributed by atoms with Crippen LogP contribution in [0.3, 0.4) is 0 Å². The number of piperazine rings is 1. The van der Waals surface area contributed by atoms with Crippen LogP contribution in [0, 0.1) is 0 Å². The van der Waals surface area contributed by atoms with E-state index < -0.39 is 6.10 Å². The summed E-state index contributed by atoms with van der Waals surface area (Å²) in [6.07, 6.45) is 0.217. The van der Waals surface area contributed by atoms with Gasteiger partial charge in [0, 0.05) is 31.9 Å². The van der Waals surface area contributed by atoms with Crippen LogP contribution in [0.1, 0.15) is 13.3 Å². The first kappa shape index (κ1) is 18.4. The van der Waals surface area contributed by atoms with E-state index in [1.165, 1.54) is 11.1 Å². The molecule has 1 atom stereocenters.